The Morgan fingerprint density at radius 2 is 2.05 bits per heavy atom. The molecule has 0 aromatic heterocycles. The van der Waals surface area contributed by atoms with Crippen LogP contribution in [-0.4, -0.2) is 48.8 Å². The van der Waals surface area contributed by atoms with Crippen molar-refractivity contribution in [1.29, 1.82) is 0 Å². The van der Waals surface area contributed by atoms with Gasteiger partial charge < -0.3 is 21.1 Å². The summed E-state index contributed by atoms with van der Waals surface area (Å²) in [5.74, 6) is -0.301. The summed E-state index contributed by atoms with van der Waals surface area (Å²) in [6, 6.07) is 4.24. The summed E-state index contributed by atoms with van der Waals surface area (Å²) in [5.41, 5.74) is 6.25. The van der Waals surface area contributed by atoms with Crippen LogP contribution in [0.25, 0.3) is 0 Å². The summed E-state index contributed by atoms with van der Waals surface area (Å²) < 4.78 is 36.6. The molecule has 1 aromatic carbocycles. The third kappa shape index (κ3) is 4.02. The van der Waals surface area contributed by atoms with E-state index in [4.69, 9.17) is 10.8 Å². The second kappa shape index (κ2) is 6.00. The number of hydrogen-bond donors (Lipinski definition) is 3. The maximum atomic E-state index is 12.2. The highest BCUT2D eigenvalue weighted by atomic mass is 19.4. The van der Waals surface area contributed by atoms with Crippen LogP contribution in [0.5, 0.6) is 0 Å². The number of hydrogen-bond acceptors (Lipinski definition) is 4. The molecule has 0 spiro atoms. The fourth-order valence-electron chi connectivity index (χ4n) is 1.42. The third-order valence-corrected chi connectivity index (χ3v) is 2.57. The summed E-state index contributed by atoms with van der Waals surface area (Å²) in [7, 11) is 3.11. The van der Waals surface area contributed by atoms with Crippen LogP contribution in [0.3, 0.4) is 0 Å². The van der Waals surface area contributed by atoms with Gasteiger partial charge in [-0.3, -0.25) is 4.79 Å². The normalized spacial score (nSPS) is 12.9. The minimum absolute atomic E-state index is 0.168. The van der Waals surface area contributed by atoms with Crippen molar-refractivity contribution in [3.8, 4) is 0 Å². The Hall–Kier alpha value is -1.96. The highest BCUT2D eigenvalue weighted by Crippen LogP contribution is 2.23. The topological polar surface area (TPSA) is 78.6 Å². The molecule has 1 amide bonds. The lowest BCUT2D eigenvalue weighted by Crippen LogP contribution is -2.35. The monoisotopic (exact) mass is 291 g/mol. The molecule has 0 saturated carbocycles. The van der Waals surface area contributed by atoms with E-state index in [1.54, 1.807) is 14.1 Å². The van der Waals surface area contributed by atoms with Crippen LogP contribution in [0.1, 0.15) is 10.4 Å². The number of alkyl halides is 3. The lowest BCUT2D eigenvalue weighted by atomic mass is 10.1. The Kier molecular flexibility index (Phi) is 4.83. The molecule has 0 radical (unpaired) electrons. The number of nitrogens with one attached hydrogen (secondary N) is 1. The van der Waals surface area contributed by atoms with Gasteiger partial charge in [-0.1, -0.05) is 0 Å². The average molecular weight is 291 g/mol. The van der Waals surface area contributed by atoms with E-state index in [-0.39, 0.29) is 22.8 Å². The smallest absolute Gasteiger partial charge is 0.397 e. The van der Waals surface area contributed by atoms with Gasteiger partial charge in [-0.05, 0) is 18.2 Å². The molecule has 5 nitrogen and oxygen atoms in total. The summed E-state index contributed by atoms with van der Waals surface area (Å²) in [5, 5.41) is 11.3. The molecular formula is C12H16F3N3O2. The fourth-order valence-corrected chi connectivity index (χ4v) is 1.42. The molecular weight excluding hydrogens is 275 g/mol. The number of nitrogens with zero attached hydrogens (tertiary/aromatic N) is 1. The number of halogens is 3. The molecule has 1 rings (SSSR count). The number of carbonyl (C=O) groups is 1. The molecule has 0 fully saturated rings. The number of anilines is 2. The van der Waals surface area contributed by atoms with Crippen molar-refractivity contribution in [3.05, 3.63) is 23.8 Å². The number of nitrogens with two attached hydrogens (primary N) is 1. The van der Waals surface area contributed by atoms with Gasteiger partial charge in [0.1, 0.15) is 0 Å². The molecule has 1 atom stereocenters. The van der Waals surface area contributed by atoms with Crippen molar-refractivity contribution in [1.82, 2.24) is 4.90 Å². The van der Waals surface area contributed by atoms with Gasteiger partial charge in [0.2, 0.25) is 0 Å². The minimum atomic E-state index is -4.71. The zero-order chi connectivity index (χ0) is 15.5. The molecule has 0 aliphatic carbocycles. The number of aliphatic hydroxyl groups is 1. The summed E-state index contributed by atoms with van der Waals surface area (Å²) in [6.07, 6.45) is -7.21. The number of rotatable bonds is 4. The first kappa shape index (κ1) is 16.1. The van der Waals surface area contributed by atoms with E-state index in [9.17, 15) is 18.0 Å². The second-order valence-corrected chi connectivity index (χ2v) is 4.44. The summed E-state index contributed by atoms with van der Waals surface area (Å²) in [6.45, 7) is -0.743. The first-order valence-corrected chi connectivity index (χ1v) is 5.72. The van der Waals surface area contributed by atoms with Crippen molar-refractivity contribution in [3.63, 3.8) is 0 Å². The zero-order valence-corrected chi connectivity index (χ0v) is 11.0. The molecule has 0 bridgehead atoms. The van der Waals surface area contributed by atoms with Crippen LogP contribution < -0.4 is 11.1 Å². The largest absolute Gasteiger partial charge is 0.416 e. The Bertz CT molecular complexity index is 489. The number of carbonyl (C=O) groups excluding carboxylic acids is 1. The van der Waals surface area contributed by atoms with Gasteiger partial charge in [-0.25, -0.2) is 0 Å². The van der Waals surface area contributed by atoms with E-state index in [1.807, 2.05) is 0 Å². The lowest BCUT2D eigenvalue weighted by molar-refractivity contribution is -0.198. The molecule has 0 heterocycles. The Labute approximate surface area is 114 Å². The van der Waals surface area contributed by atoms with Gasteiger partial charge in [0, 0.05) is 26.2 Å². The molecule has 4 N–H and O–H groups in total. The van der Waals surface area contributed by atoms with Crippen LogP contribution >= 0.6 is 0 Å². The van der Waals surface area contributed by atoms with Gasteiger partial charge >= 0.3 is 6.18 Å². The van der Waals surface area contributed by atoms with Crippen molar-refractivity contribution < 1.29 is 23.1 Å². The van der Waals surface area contributed by atoms with Crippen LogP contribution in [0.15, 0.2) is 18.2 Å². The van der Waals surface area contributed by atoms with Gasteiger partial charge in [0.15, 0.2) is 6.10 Å². The maximum Gasteiger partial charge on any atom is 0.416 e. The van der Waals surface area contributed by atoms with E-state index >= 15 is 0 Å². The van der Waals surface area contributed by atoms with E-state index in [2.05, 4.69) is 5.32 Å². The average Bonchev–Trinajstić information content (AvgIpc) is 2.35. The zero-order valence-electron chi connectivity index (χ0n) is 11.0. The number of amides is 1. The molecule has 1 unspecified atom stereocenters. The van der Waals surface area contributed by atoms with Crippen LogP contribution in [0, 0.1) is 0 Å². The van der Waals surface area contributed by atoms with E-state index < -0.39 is 18.8 Å². The van der Waals surface area contributed by atoms with Gasteiger partial charge in [0.05, 0.1) is 11.4 Å². The Morgan fingerprint density at radius 3 is 2.55 bits per heavy atom. The fraction of sp³-hybridized carbons (Fsp3) is 0.417. The Morgan fingerprint density at radius 1 is 1.45 bits per heavy atom. The lowest BCUT2D eigenvalue weighted by Gasteiger charge is -2.17. The van der Waals surface area contributed by atoms with Crippen LogP contribution in [0.4, 0.5) is 24.5 Å². The highest BCUT2D eigenvalue weighted by molar-refractivity contribution is 5.95. The molecule has 0 aliphatic rings. The van der Waals surface area contributed by atoms with Gasteiger partial charge in [0.25, 0.3) is 5.91 Å². The second-order valence-electron chi connectivity index (χ2n) is 4.44. The van der Waals surface area contributed by atoms with Crippen molar-refractivity contribution >= 4 is 17.3 Å². The highest BCUT2D eigenvalue weighted by Gasteiger charge is 2.37. The van der Waals surface area contributed by atoms with Crippen molar-refractivity contribution in [2.45, 2.75) is 12.3 Å². The quantitative estimate of drug-likeness (QED) is 0.731. The predicted octanol–water partition coefficient (Wildman–Crippen LogP) is 1.31. The molecule has 1 aromatic rings. The van der Waals surface area contributed by atoms with Crippen molar-refractivity contribution in [2.75, 3.05) is 31.7 Å². The summed E-state index contributed by atoms with van der Waals surface area (Å²) in [4.78, 5) is 13.1. The molecule has 8 heteroatoms. The van der Waals surface area contributed by atoms with Crippen LogP contribution in [-0.2, 0) is 0 Å². The summed E-state index contributed by atoms with van der Waals surface area (Å²) >= 11 is 0. The molecule has 0 aliphatic heterocycles. The van der Waals surface area contributed by atoms with Gasteiger partial charge in [-0.2, -0.15) is 13.2 Å². The number of benzene rings is 1. The molecule has 0 saturated heterocycles. The van der Waals surface area contributed by atoms with Crippen LogP contribution in [0.2, 0.25) is 0 Å². The first-order chi connectivity index (χ1) is 9.12. The molecule has 20 heavy (non-hydrogen) atoms. The minimum Gasteiger partial charge on any atom is -0.397 e. The third-order valence-electron chi connectivity index (χ3n) is 2.57. The maximum absolute atomic E-state index is 12.2. The first-order valence-electron chi connectivity index (χ1n) is 5.72. The van der Waals surface area contributed by atoms with E-state index in [0.29, 0.717) is 0 Å². The predicted molar refractivity (Wildman–Crippen MR) is 69.4 cm³/mol. The Balaban J connectivity index is 2.85. The van der Waals surface area contributed by atoms with E-state index in [1.165, 1.54) is 23.1 Å². The number of aliphatic hydroxyl groups excluding tert-OH is 1. The number of nitrogen functional groups attached to an aromatic ring is 1. The van der Waals surface area contributed by atoms with Crippen molar-refractivity contribution in [2.24, 2.45) is 0 Å². The van der Waals surface area contributed by atoms with Gasteiger partial charge in [-0.15, -0.1) is 0 Å². The standard InChI is InChI=1S/C12H16F3N3O2/c1-18(2)11(20)7-3-4-8(16)9(5-7)17-6-10(19)12(13,14)15/h3-5,10,17,19H,6,16H2,1-2H3. The van der Waals surface area contributed by atoms with E-state index in [0.717, 1.165) is 0 Å². The molecule has 112 valence electrons. The SMILES string of the molecule is CN(C)C(=O)c1ccc(N)c(NCC(O)C(F)(F)F)c1.